The van der Waals surface area contributed by atoms with Crippen molar-refractivity contribution >= 4 is 61.6 Å². The molecule has 0 amide bonds. The van der Waals surface area contributed by atoms with E-state index in [1.807, 2.05) is 78.9 Å². The SMILES string of the molecule is COc1ccccc1-n1c(/C=C/c2ccc(Br)cc2)nc2ccc(I)cc2c1=O. The monoisotopic (exact) mass is 558 g/mol. The number of fused-ring (bicyclic) bond motifs is 1. The molecule has 0 unspecified atom stereocenters. The fourth-order valence-corrected chi connectivity index (χ4v) is 3.83. The van der Waals surface area contributed by atoms with E-state index in [-0.39, 0.29) is 5.56 Å². The molecule has 0 aliphatic carbocycles. The van der Waals surface area contributed by atoms with Crippen molar-refractivity contribution in [1.82, 2.24) is 9.55 Å². The summed E-state index contributed by atoms with van der Waals surface area (Å²) in [5.74, 6) is 1.15. The fraction of sp³-hybridized carbons (Fsp3) is 0.0435. The molecule has 0 radical (unpaired) electrons. The van der Waals surface area contributed by atoms with E-state index < -0.39 is 0 Å². The molecule has 29 heavy (non-hydrogen) atoms. The Kier molecular flexibility index (Phi) is 5.82. The van der Waals surface area contributed by atoms with Gasteiger partial charge in [-0.2, -0.15) is 0 Å². The number of aromatic nitrogens is 2. The molecule has 0 spiro atoms. The molecule has 1 aromatic heterocycles. The van der Waals surface area contributed by atoms with Crippen LogP contribution in [-0.4, -0.2) is 16.7 Å². The average Bonchev–Trinajstić information content (AvgIpc) is 2.74. The molecule has 1 heterocycles. The molecule has 0 saturated heterocycles. The van der Waals surface area contributed by atoms with Crippen molar-refractivity contribution in [1.29, 1.82) is 0 Å². The largest absolute Gasteiger partial charge is 0.495 e. The summed E-state index contributed by atoms with van der Waals surface area (Å²) in [4.78, 5) is 18.2. The summed E-state index contributed by atoms with van der Waals surface area (Å²) in [5, 5.41) is 0.573. The van der Waals surface area contributed by atoms with Gasteiger partial charge in [-0.1, -0.05) is 46.3 Å². The Balaban J connectivity index is 1.98. The standard InChI is InChI=1S/C23H16BrIN2O2/c1-29-21-5-3-2-4-20(21)27-22(13-8-15-6-9-16(24)10-7-15)26-19-12-11-17(25)14-18(19)23(27)28/h2-14H,1H3/b13-8+. The minimum Gasteiger partial charge on any atom is -0.495 e. The first-order valence-electron chi connectivity index (χ1n) is 8.86. The second-order valence-electron chi connectivity index (χ2n) is 6.33. The number of hydrogen-bond donors (Lipinski definition) is 0. The van der Waals surface area contributed by atoms with E-state index in [1.54, 1.807) is 11.7 Å². The van der Waals surface area contributed by atoms with Crippen molar-refractivity contribution in [3.8, 4) is 11.4 Å². The predicted molar refractivity (Wildman–Crippen MR) is 130 cm³/mol. The van der Waals surface area contributed by atoms with Gasteiger partial charge in [-0.25, -0.2) is 4.98 Å². The van der Waals surface area contributed by atoms with Gasteiger partial charge in [0.2, 0.25) is 0 Å². The van der Waals surface area contributed by atoms with Crippen LogP contribution in [0.15, 0.2) is 76.0 Å². The Morgan fingerprint density at radius 1 is 1.03 bits per heavy atom. The summed E-state index contributed by atoms with van der Waals surface area (Å²) in [6, 6.07) is 21.1. The van der Waals surface area contributed by atoms with Gasteiger partial charge in [0.05, 0.1) is 23.7 Å². The van der Waals surface area contributed by atoms with Crippen molar-refractivity contribution in [2.75, 3.05) is 7.11 Å². The highest BCUT2D eigenvalue weighted by Gasteiger charge is 2.14. The predicted octanol–water partition coefficient (Wildman–Crippen LogP) is 5.93. The quantitative estimate of drug-likeness (QED) is 0.292. The summed E-state index contributed by atoms with van der Waals surface area (Å²) in [6.07, 6.45) is 3.80. The Morgan fingerprint density at radius 3 is 2.55 bits per heavy atom. The molecule has 0 aliphatic rings. The molecule has 0 N–H and O–H groups in total. The van der Waals surface area contributed by atoms with Gasteiger partial charge in [-0.05, 0) is 76.7 Å². The Hall–Kier alpha value is -2.45. The van der Waals surface area contributed by atoms with Gasteiger partial charge in [0.15, 0.2) is 0 Å². The van der Waals surface area contributed by atoms with E-state index in [0.29, 0.717) is 28.2 Å². The zero-order chi connectivity index (χ0) is 20.4. The number of halogens is 2. The summed E-state index contributed by atoms with van der Waals surface area (Å²) >= 11 is 5.65. The van der Waals surface area contributed by atoms with Crippen LogP contribution >= 0.6 is 38.5 Å². The number of benzene rings is 3. The third-order valence-corrected chi connectivity index (χ3v) is 5.68. The molecule has 0 saturated carbocycles. The molecular formula is C23H16BrIN2O2. The lowest BCUT2D eigenvalue weighted by molar-refractivity contribution is 0.412. The van der Waals surface area contributed by atoms with Crippen LogP contribution in [-0.2, 0) is 0 Å². The highest BCUT2D eigenvalue weighted by molar-refractivity contribution is 14.1. The minimum absolute atomic E-state index is 0.131. The first-order chi connectivity index (χ1) is 14.1. The maximum absolute atomic E-state index is 13.5. The number of ether oxygens (including phenoxy) is 1. The van der Waals surface area contributed by atoms with Gasteiger partial charge in [0.25, 0.3) is 5.56 Å². The normalized spacial score (nSPS) is 11.3. The maximum atomic E-state index is 13.5. The molecule has 4 nitrogen and oxygen atoms in total. The van der Waals surface area contributed by atoms with Crippen molar-refractivity contribution in [3.05, 3.63) is 96.5 Å². The number of methoxy groups -OCH3 is 1. The number of para-hydroxylation sites is 2. The molecule has 0 aliphatic heterocycles. The smallest absolute Gasteiger partial charge is 0.266 e. The molecule has 0 fully saturated rings. The van der Waals surface area contributed by atoms with Gasteiger partial charge < -0.3 is 4.74 Å². The zero-order valence-corrected chi connectivity index (χ0v) is 19.2. The Labute approximate surface area is 190 Å². The van der Waals surface area contributed by atoms with Gasteiger partial charge in [-0.15, -0.1) is 0 Å². The van der Waals surface area contributed by atoms with Crippen LogP contribution < -0.4 is 10.3 Å². The highest BCUT2D eigenvalue weighted by atomic mass is 127. The lowest BCUT2D eigenvalue weighted by atomic mass is 10.2. The molecule has 0 atom stereocenters. The second kappa shape index (κ2) is 8.51. The third kappa shape index (κ3) is 4.13. The maximum Gasteiger partial charge on any atom is 0.266 e. The zero-order valence-electron chi connectivity index (χ0n) is 15.5. The van der Waals surface area contributed by atoms with Gasteiger partial charge in [0, 0.05) is 8.04 Å². The molecule has 4 aromatic rings. The van der Waals surface area contributed by atoms with E-state index in [2.05, 4.69) is 38.5 Å². The Morgan fingerprint density at radius 2 is 1.79 bits per heavy atom. The van der Waals surface area contributed by atoms with Crippen molar-refractivity contribution in [2.45, 2.75) is 0 Å². The van der Waals surface area contributed by atoms with Gasteiger partial charge in [-0.3, -0.25) is 9.36 Å². The lowest BCUT2D eigenvalue weighted by Gasteiger charge is -2.14. The van der Waals surface area contributed by atoms with Gasteiger partial charge >= 0.3 is 0 Å². The summed E-state index contributed by atoms with van der Waals surface area (Å²) in [5.41, 5.74) is 2.20. The van der Waals surface area contributed by atoms with E-state index in [0.717, 1.165) is 13.6 Å². The van der Waals surface area contributed by atoms with Crippen LogP contribution in [0.1, 0.15) is 11.4 Å². The second-order valence-corrected chi connectivity index (χ2v) is 8.49. The highest BCUT2D eigenvalue weighted by Crippen LogP contribution is 2.24. The van der Waals surface area contributed by atoms with Crippen LogP contribution in [0.2, 0.25) is 0 Å². The minimum atomic E-state index is -0.131. The Bertz CT molecular complexity index is 1280. The summed E-state index contributed by atoms with van der Waals surface area (Å²) in [6.45, 7) is 0. The first-order valence-corrected chi connectivity index (χ1v) is 10.7. The van der Waals surface area contributed by atoms with E-state index in [9.17, 15) is 4.79 Å². The van der Waals surface area contributed by atoms with Crippen LogP contribution in [0.25, 0.3) is 28.7 Å². The van der Waals surface area contributed by atoms with E-state index >= 15 is 0 Å². The topological polar surface area (TPSA) is 44.1 Å². The van der Waals surface area contributed by atoms with Crippen LogP contribution in [0.4, 0.5) is 0 Å². The molecule has 0 bridgehead atoms. The van der Waals surface area contributed by atoms with Crippen LogP contribution in [0, 0.1) is 3.57 Å². The van der Waals surface area contributed by atoms with E-state index in [1.165, 1.54) is 0 Å². The third-order valence-electron chi connectivity index (χ3n) is 4.48. The average molecular weight is 559 g/mol. The summed E-state index contributed by atoms with van der Waals surface area (Å²) in [7, 11) is 1.60. The number of hydrogen-bond acceptors (Lipinski definition) is 3. The van der Waals surface area contributed by atoms with Crippen molar-refractivity contribution in [3.63, 3.8) is 0 Å². The van der Waals surface area contributed by atoms with Crippen molar-refractivity contribution < 1.29 is 4.74 Å². The van der Waals surface area contributed by atoms with E-state index in [4.69, 9.17) is 9.72 Å². The fourth-order valence-electron chi connectivity index (χ4n) is 3.08. The van der Waals surface area contributed by atoms with Crippen molar-refractivity contribution in [2.24, 2.45) is 0 Å². The molecule has 3 aromatic carbocycles. The number of rotatable bonds is 4. The molecular weight excluding hydrogens is 543 g/mol. The molecule has 6 heteroatoms. The molecule has 4 rings (SSSR count). The molecule has 144 valence electrons. The number of nitrogens with zero attached hydrogens (tertiary/aromatic N) is 2. The van der Waals surface area contributed by atoms with Crippen LogP contribution in [0.5, 0.6) is 5.75 Å². The summed E-state index contributed by atoms with van der Waals surface area (Å²) < 4.78 is 9.10. The first kappa shape index (κ1) is 19.8. The lowest BCUT2D eigenvalue weighted by Crippen LogP contribution is -2.23. The van der Waals surface area contributed by atoms with Crippen LogP contribution in [0.3, 0.4) is 0 Å². The van der Waals surface area contributed by atoms with Gasteiger partial charge in [0.1, 0.15) is 11.6 Å².